The first-order valence-electron chi connectivity index (χ1n) is 12.0. The number of rotatable bonds is 11. The Hall–Kier alpha value is -3.10. The van der Waals surface area contributed by atoms with Crippen molar-refractivity contribution in [2.24, 2.45) is 0 Å². The first-order chi connectivity index (χ1) is 16.3. The van der Waals surface area contributed by atoms with E-state index in [0.29, 0.717) is 18.5 Å². The van der Waals surface area contributed by atoms with Crippen molar-refractivity contribution in [2.75, 3.05) is 20.2 Å². The van der Waals surface area contributed by atoms with Crippen LogP contribution in [0.3, 0.4) is 0 Å². The van der Waals surface area contributed by atoms with Crippen molar-refractivity contribution in [2.45, 2.75) is 85.4 Å². The predicted molar refractivity (Wildman–Crippen MR) is 134 cm³/mol. The second-order valence-electron chi connectivity index (χ2n) is 9.66. The Morgan fingerprint density at radius 2 is 1.74 bits per heavy atom. The predicted octanol–water partition coefficient (Wildman–Crippen LogP) is 3.57. The van der Waals surface area contributed by atoms with Gasteiger partial charge < -0.3 is 25.0 Å². The summed E-state index contributed by atoms with van der Waals surface area (Å²) in [6, 6.07) is 3.70. The van der Waals surface area contributed by atoms with Crippen LogP contribution < -0.4 is 10.6 Å². The maximum Gasteiger partial charge on any atom is 0.408 e. The fourth-order valence-electron chi connectivity index (χ4n) is 3.60. The molecule has 0 bridgehead atoms. The molecule has 2 unspecified atom stereocenters. The molecule has 1 aromatic rings. The topological polar surface area (TPSA) is 114 Å². The van der Waals surface area contributed by atoms with Gasteiger partial charge in [-0.05, 0) is 59.1 Å². The van der Waals surface area contributed by atoms with Crippen molar-refractivity contribution < 1.29 is 28.7 Å². The Labute approximate surface area is 208 Å². The Kier molecular flexibility index (Phi) is 11.7. The molecule has 2 N–H and O–H groups in total. The van der Waals surface area contributed by atoms with Crippen LogP contribution in [-0.4, -0.2) is 60.6 Å². The molecule has 0 aliphatic heterocycles. The van der Waals surface area contributed by atoms with E-state index in [2.05, 4.69) is 15.4 Å². The van der Waals surface area contributed by atoms with Gasteiger partial charge in [0.2, 0.25) is 11.8 Å². The number of hydrogen-bond acceptors (Lipinski definition) is 6. The van der Waals surface area contributed by atoms with E-state index in [1.807, 2.05) is 39.0 Å². The third-order valence-electron chi connectivity index (χ3n) is 5.30. The van der Waals surface area contributed by atoms with E-state index < -0.39 is 41.6 Å². The molecule has 9 heteroatoms. The molecule has 0 aliphatic carbocycles. The lowest BCUT2D eigenvalue weighted by molar-refractivity contribution is -0.144. The van der Waals surface area contributed by atoms with Gasteiger partial charge in [-0.2, -0.15) is 0 Å². The number of methoxy groups -OCH3 is 1. The zero-order chi connectivity index (χ0) is 26.8. The molecular formula is C26H41N3O6. The van der Waals surface area contributed by atoms with Crippen LogP contribution >= 0.6 is 0 Å². The Bertz CT molecular complexity index is 894. The number of esters is 1. The number of carbonyl (C=O) groups excluding carboxylic acids is 4. The molecule has 35 heavy (non-hydrogen) atoms. The van der Waals surface area contributed by atoms with Crippen LogP contribution in [-0.2, 0) is 23.9 Å². The molecule has 0 radical (unpaired) electrons. The van der Waals surface area contributed by atoms with E-state index in [-0.39, 0.29) is 6.54 Å². The van der Waals surface area contributed by atoms with E-state index in [1.165, 1.54) is 12.0 Å². The van der Waals surface area contributed by atoms with Crippen LogP contribution in [0.15, 0.2) is 18.2 Å². The summed E-state index contributed by atoms with van der Waals surface area (Å²) in [4.78, 5) is 52.4. The van der Waals surface area contributed by atoms with Gasteiger partial charge in [-0.25, -0.2) is 4.79 Å². The molecule has 0 aromatic heterocycles. The summed E-state index contributed by atoms with van der Waals surface area (Å²) in [5.41, 5.74) is 1.78. The van der Waals surface area contributed by atoms with Gasteiger partial charge >= 0.3 is 12.1 Å². The number of hydrogen-bond donors (Lipinski definition) is 2. The van der Waals surface area contributed by atoms with Crippen LogP contribution in [0.5, 0.6) is 0 Å². The minimum atomic E-state index is -0.993. The first-order valence-corrected chi connectivity index (χ1v) is 12.0. The van der Waals surface area contributed by atoms with Crippen LogP contribution in [0.25, 0.3) is 0 Å². The van der Waals surface area contributed by atoms with E-state index >= 15 is 0 Å². The first kappa shape index (κ1) is 29.9. The number of ether oxygens (including phenoxy) is 2. The second kappa shape index (κ2) is 13.7. The average molecular weight is 492 g/mol. The quantitative estimate of drug-likeness (QED) is 0.361. The zero-order valence-electron chi connectivity index (χ0n) is 22.3. The third-order valence-corrected chi connectivity index (χ3v) is 5.30. The average Bonchev–Trinajstić information content (AvgIpc) is 2.75. The molecule has 9 nitrogen and oxygen atoms in total. The molecule has 2 atom stereocenters. The molecule has 1 aromatic carbocycles. The number of nitrogens with one attached hydrogen (secondary N) is 2. The Morgan fingerprint density at radius 1 is 1.09 bits per heavy atom. The summed E-state index contributed by atoms with van der Waals surface area (Å²) in [7, 11) is 1.24. The number of unbranched alkanes of at least 4 members (excludes halogenated alkanes) is 2. The molecular weight excluding hydrogens is 450 g/mol. The van der Waals surface area contributed by atoms with Crippen LogP contribution in [0.2, 0.25) is 0 Å². The van der Waals surface area contributed by atoms with Gasteiger partial charge in [0.05, 0.1) is 7.11 Å². The van der Waals surface area contributed by atoms with Gasteiger partial charge in [-0.15, -0.1) is 0 Å². The molecule has 3 amide bonds. The normalized spacial score (nSPS) is 12.8. The van der Waals surface area contributed by atoms with Crippen molar-refractivity contribution in [1.82, 2.24) is 15.5 Å². The van der Waals surface area contributed by atoms with Gasteiger partial charge in [-0.3, -0.25) is 14.4 Å². The lowest BCUT2D eigenvalue weighted by Crippen LogP contribution is -2.52. The molecule has 0 fully saturated rings. The van der Waals surface area contributed by atoms with E-state index in [1.54, 1.807) is 27.7 Å². The molecule has 0 aliphatic rings. The second-order valence-corrected chi connectivity index (χ2v) is 9.66. The lowest BCUT2D eigenvalue weighted by atomic mass is 9.96. The number of alkyl carbamates (subject to hydrolysis) is 1. The van der Waals surface area contributed by atoms with Gasteiger partial charge in [-0.1, -0.05) is 43.5 Å². The van der Waals surface area contributed by atoms with Crippen molar-refractivity contribution in [1.29, 1.82) is 0 Å². The van der Waals surface area contributed by atoms with Crippen molar-refractivity contribution in [3.8, 4) is 0 Å². The highest BCUT2D eigenvalue weighted by Crippen LogP contribution is 2.27. The summed E-state index contributed by atoms with van der Waals surface area (Å²) >= 11 is 0. The summed E-state index contributed by atoms with van der Waals surface area (Å²) in [6.45, 7) is 12.6. The van der Waals surface area contributed by atoms with Crippen molar-refractivity contribution in [3.63, 3.8) is 0 Å². The number of carbonyl (C=O) groups is 4. The summed E-state index contributed by atoms with van der Waals surface area (Å²) in [5.74, 6) is -1.52. The smallest absolute Gasteiger partial charge is 0.408 e. The maximum atomic E-state index is 13.6. The van der Waals surface area contributed by atoms with Gasteiger partial charge in [0.1, 0.15) is 24.2 Å². The molecule has 0 spiro atoms. The minimum Gasteiger partial charge on any atom is -0.468 e. The highest BCUT2D eigenvalue weighted by Gasteiger charge is 2.35. The fraction of sp³-hybridized carbons (Fsp3) is 0.615. The zero-order valence-corrected chi connectivity index (χ0v) is 22.3. The summed E-state index contributed by atoms with van der Waals surface area (Å²) < 4.78 is 9.93. The molecule has 0 saturated carbocycles. The highest BCUT2D eigenvalue weighted by molar-refractivity contribution is 5.93. The van der Waals surface area contributed by atoms with Gasteiger partial charge in [0.15, 0.2) is 0 Å². The van der Waals surface area contributed by atoms with Crippen molar-refractivity contribution >= 4 is 23.9 Å². The van der Waals surface area contributed by atoms with E-state index in [4.69, 9.17) is 4.74 Å². The fourth-order valence-corrected chi connectivity index (χ4v) is 3.60. The number of aryl methyl sites for hydroxylation is 2. The Morgan fingerprint density at radius 3 is 2.29 bits per heavy atom. The highest BCUT2D eigenvalue weighted by atomic mass is 16.6. The molecule has 1 rings (SSSR count). The SMILES string of the molecule is CCCCCN(C(=O)C(C)NC(=O)OC(C)(C)C)C(C(=O)NCC(=O)OC)c1ccc(C)cc1C. The number of amides is 3. The molecule has 0 heterocycles. The van der Waals surface area contributed by atoms with Gasteiger partial charge in [0, 0.05) is 6.54 Å². The standard InChI is InChI=1S/C26H41N3O6/c1-9-10-11-14-29(24(32)19(4)28-25(33)35-26(5,6)7)22(23(31)27-16-21(30)34-8)20-13-12-17(2)15-18(20)3/h12-13,15,19,22H,9-11,14,16H2,1-8H3,(H,27,31)(H,28,33). The number of nitrogens with zero attached hydrogens (tertiary/aromatic N) is 1. The van der Waals surface area contributed by atoms with Crippen molar-refractivity contribution in [3.05, 3.63) is 34.9 Å². The molecule has 0 saturated heterocycles. The van der Waals surface area contributed by atoms with Crippen LogP contribution in [0.1, 0.15) is 76.6 Å². The summed E-state index contributed by atoms with van der Waals surface area (Å²) in [5, 5.41) is 5.17. The lowest BCUT2D eigenvalue weighted by Gasteiger charge is -2.34. The van der Waals surface area contributed by atoms with E-state index in [0.717, 1.165) is 24.0 Å². The monoisotopic (exact) mass is 491 g/mol. The Balaban J connectivity index is 3.37. The maximum absolute atomic E-state index is 13.6. The van der Waals surface area contributed by atoms with Crippen LogP contribution in [0.4, 0.5) is 4.79 Å². The largest absolute Gasteiger partial charge is 0.468 e. The molecule has 196 valence electrons. The number of benzene rings is 1. The van der Waals surface area contributed by atoms with E-state index in [9.17, 15) is 19.2 Å². The van der Waals surface area contributed by atoms with Gasteiger partial charge in [0.25, 0.3) is 0 Å². The third kappa shape index (κ3) is 9.96. The summed E-state index contributed by atoms with van der Waals surface area (Å²) in [6.07, 6.45) is 1.75. The van der Waals surface area contributed by atoms with Crippen LogP contribution in [0, 0.1) is 13.8 Å². The minimum absolute atomic E-state index is 0.302.